The molecule has 0 aromatic carbocycles. The molecule has 0 aliphatic carbocycles. The highest BCUT2D eigenvalue weighted by Crippen LogP contribution is 2.26. The number of thiophene rings is 2. The number of hydrogen-bond acceptors (Lipinski definition) is 6. The molecule has 0 spiro atoms. The molecule has 3 rings (SSSR count). The van der Waals surface area contributed by atoms with E-state index in [4.69, 9.17) is 11.6 Å². The first kappa shape index (κ1) is 20.2. The zero-order valence-electron chi connectivity index (χ0n) is 14.2. The van der Waals surface area contributed by atoms with E-state index in [1.54, 1.807) is 22.7 Å². The predicted octanol–water partition coefficient (Wildman–Crippen LogP) is 3.54. The maximum Gasteiger partial charge on any atom is 0.252 e. The van der Waals surface area contributed by atoms with Crippen molar-refractivity contribution in [3.8, 4) is 0 Å². The standard InChI is InChI=1S/C16H19ClN2O3S4/c1-12-2-5-16(24-12)26(21,22)19-8-6-18(7-9-19)15(20)11-23-10-13-3-4-14(17)25-13/h2-5H,6-11H2,1H3. The van der Waals surface area contributed by atoms with Crippen LogP contribution in [-0.4, -0.2) is 55.5 Å². The van der Waals surface area contributed by atoms with Crippen molar-refractivity contribution >= 4 is 62.0 Å². The highest BCUT2D eigenvalue weighted by atomic mass is 35.5. The molecular formula is C16H19ClN2O3S4. The summed E-state index contributed by atoms with van der Waals surface area (Å²) in [6.45, 7) is 3.45. The minimum Gasteiger partial charge on any atom is -0.339 e. The van der Waals surface area contributed by atoms with Gasteiger partial charge in [0.05, 0.1) is 10.1 Å². The summed E-state index contributed by atoms with van der Waals surface area (Å²) in [5.41, 5.74) is 0. The Bertz CT molecular complexity index is 870. The first-order chi connectivity index (χ1) is 12.4. The Hall–Kier alpha value is -0.580. The second-order valence-electron chi connectivity index (χ2n) is 5.85. The van der Waals surface area contributed by atoms with Crippen molar-refractivity contribution in [2.75, 3.05) is 31.9 Å². The maximum atomic E-state index is 12.6. The number of sulfonamides is 1. The quantitative estimate of drug-likeness (QED) is 0.675. The van der Waals surface area contributed by atoms with Gasteiger partial charge < -0.3 is 4.90 Å². The minimum absolute atomic E-state index is 0.0571. The van der Waals surface area contributed by atoms with Gasteiger partial charge in [-0.15, -0.1) is 34.4 Å². The largest absolute Gasteiger partial charge is 0.339 e. The molecular weight excluding hydrogens is 432 g/mol. The van der Waals surface area contributed by atoms with Crippen LogP contribution >= 0.6 is 46.0 Å². The third kappa shape index (κ3) is 4.82. The second-order valence-corrected chi connectivity index (χ2v) is 12.1. The van der Waals surface area contributed by atoms with Crippen LogP contribution in [0.25, 0.3) is 0 Å². The number of nitrogens with zero attached hydrogens (tertiary/aromatic N) is 2. The number of thioether (sulfide) groups is 1. The molecule has 0 bridgehead atoms. The highest BCUT2D eigenvalue weighted by molar-refractivity contribution is 7.99. The van der Waals surface area contributed by atoms with Crippen LogP contribution in [0.15, 0.2) is 28.5 Å². The number of amides is 1. The molecule has 2 aromatic heterocycles. The van der Waals surface area contributed by atoms with Crippen LogP contribution in [0.1, 0.15) is 9.75 Å². The normalized spacial score (nSPS) is 16.2. The SMILES string of the molecule is Cc1ccc(S(=O)(=O)N2CCN(C(=O)CSCc3ccc(Cl)s3)CC2)s1. The van der Waals surface area contributed by atoms with Gasteiger partial charge in [0.1, 0.15) is 4.21 Å². The van der Waals surface area contributed by atoms with Crippen LogP contribution in [-0.2, 0) is 20.6 Å². The summed E-state index contributed by atoms with van der Waals surface area (Å²) in [6.07, 6.45) is 0. The van der Waals surface area contributed by atoms with Crippen molar-refractivity contribution in [2.24, 2.45) is 0 Å². The molecule has 1 aliphatic heterocycles. The Labute approximate surface area is 171 Å². The van der Waals surface area contributed by atoms with Crippen molar-refractivity contribution in [3.05, 3.63) is 38.4 Å². The molecule has 0 N–H and O–H groups in total. The van der Waals surface area contributed by atoms with E-state index < -0.39 is 10.0 Å². The number of rotatable bonds is 6. The van der Waals surface area contributed by atoms with Crippen molar-refractivity contribution in [1.29, 1.82) is 0 Å². The molecule has 1 fully saturated rings. The van der Waals surface area contributed by atoms with Crippen LogP contribution in [0, 0.1) is 6.92 Å². The Morgan fingerprint density at radius 2 is 1.88 bits per heavy atom. The number of hydrogen-bond donors (Lipinski definition) is 0. The fourth-order valence-corrected chi connectivity index (χ4v) is 7.60. The van der Waals surface area contributed by atoms with Crippen LogP contribution in [0.2, 0.25) is 4.34 Å². The molecule has 3 heterocycles. The molecule has 1 amide bonds. The lowest BCUT2D eigenvalue weighted by molar-refractivity contribution is -0.129. The van der Waals surface area contributed by atoms with Gasteiger partial charge in [0.15, 0.2) is 0 Å². The molecule has 0 atom stereocenters. The Kier molecular flexibility index (Phi) is 6.68. The summed E-state index contributed by atoms with van der Waals surface area (Å²) in [7, 11) is -3.44. The number of carbonyl (C=O) groups excluding carboxylic acids is 1. The van der Waals surface area contributed by atoms with E-state index in [0.717, 1.165) is 19.8 Å². The van der Waals surface area contributed by atoms with Crippen LogP contribution in [0.5, 0.6) is 0 Å². The summed E-state index contributed by atoms with van der Waals surface area (Å²) >= 11 is 10.3. The lowest BCUT2D eigenvalue weighted by Crippen LogP contribution is -2.50. The van der Waals surface area contributed by atoms with E-state index in [1.807, 2.05) is 25.1 Å². The fourth-order valence-electron chi connectivity index (χ4n) is 2.62. The first-order valence-electron chi connectivity index (χ1n) is 8.02. The average Bonchev–Trinajstić information content (AvgIpc) is 3.23. The van der Waals surface area contributed by atoms with Gasteiger partial charge in [-0.1, -0.05) is 11.6 Å². The van der Waals surface area contributed by atoms with Gasteiger partial charge in [-0.2, -0.15) is 4.31 Å². The first-order valence-corrected chi connectivity index (χ1v) is 12.6. The van der Waals surface area contributed by atoms with Crippen LogP contribution < -0.4 is 0 Å². The zero-order valence-corrected chi connectivity index (χ0v) is 18.2. The minimum atomic E-state index is -3.44. The number of carbonyl (C=O) groups is 1. The van der Waals surface area contributed by atoms with E-state index in [0.29, 0.717) is 36.1 Å². The topological polar surface area (TPSA) is 57.7 Å². The molecule has 26 heavy (non-hydrogen) atoms. The van der Waals surface area contributed by atoms with Gasteiger partial charge in [-0.25, -0.2) is 8.42 Å². The van der Waals surface area contributed by atoms with Crippen LogP contribution in [0.3, 0.4) is 0 Å². The van der Waals surface area contributed by atoms with E-state index in [-0.39, 0.29) is 5.91 Å². The molecule has 2 aromatic rings. The number of aryl methyl sites for hydroxylation is 1. The van der Waals surface area contributed by atoms with Gasteiger partial charge >= 0.3 is 0 Å². The Morgan fingerprint density at radius 1 is 1.15 bits per heavy atom. The lowest BCUT2D eigenvalue weighted by Gasteiger charge is -2.33. The van der Waals surface area contributed by atoms with Crippen LogP contribution in [0.4, 0.5) is 0 Å². The molecule has 142 valence electrons. The summed E-state index contributed by atoms with van der Waals surface area (Å²) < 4.78 is 27.9. The molecule has 1 saturated heterocycles. The average molecular weight is 451 g/mol. The van der Waals surface area contributed by atoms with Crippen molar-refractivity contribution in [3.63, 3.8) is 0 Å². The predicted molar refractivity (Wildman–Crippen MR) is 110 cm³/mol. The van der Waals surface area contributed by atoms with Gasteiger partial charge in [0.2, 0.25) is 5.91 Å². The number of piperazine rings is 1. The molecule has 0 unspecified atom stereocenters. The molecule has 0 saturated carbocycles. The van der Waals surface area contributed by atoms with Crippen molar-refractivity contribution in [2.45, 2.75) is 16.9 Å². The van der Waals surface area contributed by atoms with E-state index in [2.05, 4.69) is 0 Å². The van der Waals surface area contributed by atoms with Gasteiger partial charge in [-0.05, 0) is 31.2 Å². The lowest BCUT2D eigenvalue weighted by atomic mass is 10.3. The van der Waals surface area contributed by atoms with Crippen molar-refractivity contribution < 1.29 is 13.2 Å². The molecule has 5 nitrogen and oxygen atoms in total. The van der Waals surface area contributed by atoms with Gasteiger partial charge in [0.25, 0.3) is 10.0 Å². The second kappa shape index (κ2) is 8.62. The molecule has 10 heteroatoms. The molecule has 1 aliphatic rings. The summed E-state index contributed by atoms with van der Waals surface area (Å²) in [5.74, 6) is 1.21. The Balaban J connectivity index is 1.47. The van der Waals surface area contributed by atoms with Gasteiger partial charge in [-0.3, -0.25) is 4.79 Å². The smallest absolute Gasteiger partial charge is 0.252 e. The highest BCUT2D eigenvalue weighted by Gasteiger charge is 2.30. The third-order valence-corrected chi connectivity index (χ3v) is 9.75. The maximum absolute atomic E-state index is 12.6. The summed E-state index contributed by atoms with van der Waals surface area (Å²) in [6, 6.07) is 7.30. The van der Waals surface area contributed by atoms with Crippen molar-refractivity contribution in [1.82, 2.24) is 9.21 Å². The molecule has 0 radical (unpaired) electrons. The summed E-state index contributed by atoms with van der Waals surface area (Å²) in [5, 5.41) is 0. The summed E-state index contributed by atoms with van der Waals surface area (Å²) in [4.78, 5) is 16.2. The Morgan fingerprint density at radius 3 is 2.46 bits per heavy atom. The van der Waals surface area contributed by atoms with Gasteiger partial charge in [0, 0.05) is 41.7 Å². The van der Waals surface area contributed by atoms with E-state index >= 15 is 0 Å². The fraction of sp³-hybridized carbons (Fsp3) is 0.438. The zero-order chi connectivity index (χ0) is 18.7. The van der Waals surface area contributed by atoms with E-state index in [1.165, 1.54) is 27.0 Å². The number of halogens is 1. The third-order valence-electron chi connectivity index (χ3n) is 4.00. The van der Waals surface area contributed by atoms with E-state index in [9.17, 15) is 13.2 Å². The monoisotopic (exact) mass is 450 g/mol.